The number of thiophene rings is 1. The van der Waals surface area contributed by atoms with Crippen LogP contribution in [0.2, 0.25) is 5.02 Å². The number of nitrogens with one attached hydrogen (secondary N) is 2. The van der Waals surface area contributed by atoms with E-state index >= 15 is 0 Å². The molecule has 4 heterocycles. The highest BCUT2D eigenvalue weighted by Gasteiger charge is 2.48. The van der Waals surface area contributed by atoms with E-state index in [9.17, 15) is 9.59 Å². The topological polar surface area (TPSA) is 97.0 Å². The molecule has 5 aromatic rings. The van der Waals surface area contributed by atoms with Crippen LogP contribution in [0.3, 0.4) is 0 Å². The van der Waals surface area contributed by atoms with Crippen molar-refractivity contribution in [3.8, 4) is 11.6 Å². The number of H-pyrrole nitrogens is 1. The molecule has 2 aromatic carbocycles. The summed E-state index contributed by atoms with van der Waals surface area (Å²) in [6.07, 6.45) is 1.74. The molecular formula is C27H19ClN4O3S2. The Kier molecular flexibility index (Phi) is 6.19. The van der Waals surface area contributed by atoms with Gasteiger partial charge in [0.25, 0.3) is 0 Å². The Morgan fingerprint density at radius 1 is 1.05 bits per heavy atom. The molecule has 0 spiro atoms. The maximum absolute atomic E-state index is 13.5. The van der Waals surface area contributed by atoms with Crippen molar-refractivity contribution < 1.29 is 14.3 Å². The normalized spacial score (nSPS) is 19.6. The number of aromatic amines is 1. The summed E-state index contributed by atoms with van der Waals surface area (Å²) in [5, 5.41) is 14.4. The molecule has 0 saturated carbocycles. The van der Waals surface area contributed by atoms with E-state index in [-0.39, 0.29) is 18.1 Å². The molecule has 1 aliphatic rings. The number of carbonyl (C=O) groups is 2. The summed E-state index contributed by atoms with van der Waals surface area (Å²) >= 11 is 8.94. The molecule has 1 saturated heterocycles. The number of nitrogens with zero attached hydrogens (tertiary/aromatic N) is 2. The molecule has 0 bridgehead atoms. The molecule has 1 fully saturated rings. The van der Waals surface area contributed by atoms with Crippen LogP contribution in [0.1, 0.15) is 17.7 Å². The summed E-state index contributed by atoms with van der Waals surface area (Å²) in [6.45, 7) is 0. The fraction of sp³-hybridized carbons (Fsp3) is 0.111. The van der Waals surface area contributed by atoms with Gasteiger partial charge in [0.1, 0.15) is 16.5 Å². The number of thioether (sulfide) groups is 1. The van der Waals surface area contributed by atoms with Gasteiger partial charge in [-0.2, -0.15) is 16.4 Å². The van der Waals surface area contributed by atoms with Gasteiger partial charge in [-0.25, -0.2) is 4.98 Å². The molecule has 37 heavy (non-hydrogen) atoms. The Bertz CT molecular complexity index is 1600. The largest absolute Gasteiger partial charge is 0.438 e. The number of hydrogen-bond donors (Lipinski definition) is 2. The molecule has 184 valence electrons. The summed E-state index contributed by atoms with van der Waals surface area (Å²) < 4.78 is 6.13. The molecule has 7 nitrogen and oxygen atoms in total. The minimum Gasteiger partial charge on any atom is -0.438 e. The Morgan fingerprint density at radius 2 is 1.92 bits per heavy atom. The van der Waals surface area contributed by atoms with Crippen LogP contribution in [0.25, 0.3) is 10.9 Å². The monoisotopic (exact) mass is 546 g/mol. The van der Waals surface area contributed by atoms with Gasteiger partial charge in [0.15, 0.2) is 5.78 Å². The molecule has 2 N–H and O–H groups in total. The first-order valence-electron chi connectivity index (χ1n) is 11.4. The van der Waals surface area contributed by atoms with E-state index in [0.717, 1.165) is 28.2 Å². The number of hydrogen-bond acceptors (Lipinski definition) is 7. The number of carbonyl (C=O) groups excluding carboxylic acids is 2. The summed E-state index contributed by atoms with van der Waals surface area (Å²) in [5.74, 6) is 0.357. The van der Waals surface area contributed by atoms with Gasteiger partial charge in [0.2, 0.25) is 11.8 Å². The fourth-order valence-electron chi connectivity index (χ4n) is 4.44. The average molecular weight is 547 g/mol. The number of ketones is 1. The number of ether oxygens (including phenoxy) is 1. The number of rotatable bonds is 6. The second-order valence-electron chi connectivity index (χ2n) is 8.53. The summed E-state index contributed by atoms with van der Waals surface area (Å²) in [5.41, 5.74) is 1.04. The van der Waals surface area contributed by atoms with Gasteiger partial charge < -0.3 is 10.1 Å². The first-order chi connectivity index (χ1) is 18.0. The van der Waals surface area contributed by atoms with E-state index in [2.05, 4.69) is 15.5 Å². The van der Waals surface area contributed by atoms with Gasteiger partial charge in [-0.1, -0.05) is 35.9 Å². The molecule has 0 radical (unpaired) electrons. The smallest absolute Gasteiger partial charge is 0.242 e. The number of fused-ring (bicyclic) bond motifs is 1. The molecule has 6 rings (SSSR count). The Hall–Kier alpha value is -3.66. The highest BCUT2D eigenvalue weighted by molar-refractivity contribution is 8.01. The van der Waals surface area contributed by atoms with Crippen molar-refractivity contribution in [2.24, 2.45) is 0 Å². The van der Waals surface area contributed by atoms with E-state index < -0.39 is 10.8 Å². The van der Waals surface area contributed by atoms with Crippen molar-refractivity contribution in [2.45, 2.75) is 22.1 Å². The maximum atomic E-state index is 13.5. The van der Waals surface area contributed by atoms with Crippen LogP contribution in [0.4, 0.5) is 0 Å². The van der Waals surface area contributed by atoms with Crippen LogP contribution >= 0.6 is 34.7 Å². The van der Waals surface area contributed by atoms with E-state index in [0.29, 0.717) is 27.2 Å². The zero-order valence-corrected chi connectivity index (χ0v) is 21.6. The van der Waals surface area contributed by atoms with Crippen molar-refractivity contribution in [3.63, 3.8) is 0 Å². The first-order valence-corrected chi connectivity index (χ1v) is 13.6. The van der Waals surface area contributed by atoms with Gasteiger partial charge in [0, 0.05) is 17.4 Å². The van der Waals surface area contributed by atoms with Crippen molar-refractivity contribution in [2.75, 3.05) is 0 Å². The van der Waals surface area contributed by atoms with Crippen LogP contribution in [-0.2, 0) is 15.1 Å². The highest BCUT2D eigenvalue weighted by Crippen LogP contribution is 2.41. The third kappa shape index (κ3) is 4.39. The molecule has 1 amide bonds. The van der Waals surface area contributed by atoms with Crippen molar-refractivity contribution in [1.29, 1.82) is 0 Å². The van der Waals surface area contributed by atoms with E-state index in [1.54, 1.807) is 30.5 Å². The number of halogens is 1. The van der Waals surface area contributed by atoms with Crippen LogP contribution in [0.5, 0.6) is 11.6 Å². The second-order valence-corrected chi connectivity index (χ2v) is 10.9. The zero-order chi connectivity index (χ0) is 25.4. The van der Waals surface area contributed by atoms with Gasteiger partial charge >= 0.3 is 0 Å². The molecule has 0 aliphatic carbocycles. The van der Waals surface area contributed by atoms with E-state index in [1.807, 2.05) is 53.2 Å². The van der Waals surface area contributed by atoms with Crippen LogP contribution in [-0.4, -0.2) is 32.1 Å². The molecule has 2 atom stereocenters. The van der Waals surface area contributed by atoms with Gasteiger partial charge in [-0.3, -0.25) is 14.7 Å². The number of aromatic nitrogens is 3. The molecule has 2 unspecified atom stereocenters. The molecule has 3 aromatic heterocycles. The molecule has 1 aliphatic heterocycles. The minimum absolute atomic E-state index is 0.0470. The second kappa shape index (κ2) is 9.66. The van der Waals surface area contributed by atoms with Gasteiger partial charge in [-0.05, 0) is 52.7 Å². The predicted octanol–water partition coefficient (Wildman–Crippen LogP) is 5.96. The van der Waals surface area contributed by atoms with Crippen LogP contribution in [0, 0.1) is 0 Å². The minimum atomic E-state index is -1.12. The zero-order valence-electron chi connectivity index (χ0n) is 19.2. The number of pyridine rings is 1. The van der Waals surface area contributed by atoms with Crippen molar-refractivity contribution in [3.05, 3.63) is 100.0 Å². The lowest BCUT2D eigenvalue weighted by Gasteiger charge is -2.39. The maximum Gasteiger partial charge on any atom is 0.242 e. The van der Waals surface area contributed by atoms with Crippen LogP contribution < -0.4 is 10.1 Å². The summed E-state index contributed by atoms with van der Waals surface area (Å²) in [4.78, 5) is 32.4. The number of amides is 1. The molecule has 10 heteroatoms. The lowest BCUT2D eigenvalue weighted by molar-refractivity contribution is -0.133. The number of Topliss-reactive ketones (excluding diaryl/α,β-unsaturated/α-hetero) is 1. The third-order valence-electron chi connectivity index (χ3n) is 6.22. The Morgan fingerprint density at radius 3 is 2.73 bits per heavy atom. The van der Waals surface area contributed by atoms with Gasteiger partial charge in [0.05, 0.1) is 27.8 Å². The predicted molar refractivity (Wildman–Crippen MR) is 144 cm³/mol. The SMILES string of the molecule is O=C1CC(c2ccsc2)(c2cccc(Oc3cccc4[nH]ncc34)n2)NC(=O)C1Sc1ccccc1Cl. The quantitative estimate of drug-likeness (QED) is 0.255. The first kappa shape index (κ1) is 23.7. The van der Waals surface area contributed by atoms with Crippen molar-refractivity contribution >= 4 is 57.3 Å². The fourth-order valence-corrected chi connectivity index (χ4v) is 6.41. The summed E-state index contributed by atoms with van der Waals surface area (Å²) in [7, 11) is 0. The van der Waals surface area contributed by atoms with E-state index in [4.69, 9.17) is 21.3 Å². The van der Waals surface area contributed by atoms with Gasteiger partial charge in [-0.15, -0.1) is 11.8 Å². The van der Waals surface area contributed by atoms with Crippen LogP contribution in [0.15, 0.2) is 88.6 Å². The standard InChI is InChI=1S/C27H19ClN4O3S2/c28-18-5-1-2-8-22(18)37-25-20(33)13-27(31-26(25)34,16-11-12-36-15-16)23-9-4-10-24(30-23)35-21-7-3-6-19-17(21)14-29-32-19/h1-12,14-15,25H,13H2,(H,29,32)(H,31,34). The lowest BCUT2D eigenvalue weighted by Crippen LogP contribution is -2.58. The lowest BCUT2D eigenvalue weighted by atomic mass is 9.79. The average Bonchev–Trinajstić information content (AvgIpc) is 3.61. The Balaban J connectivity index is 1.35. The third-order valence-corrected chi connectivity index (χ3v) is 8.67. The van der Waals surface area contributed by atoms with E-state index in [1.165, 1.54) is 11.3 Å². The molecular weight excluding hydrogens is 528 g/mol. The Labute approximate surface area is 225 Å². The summed E-state index contributed by atoms with van der Waals surface area (Å²) in [6, 6.07) is 20.0. The highest BCUT2D eigenvalue weighted by atomic mass is 35.5. The number of benzene rings is 2. The van der Waals surface area contributed by atoms with Crippen molar-refractivity contribution in [1.82, 2.24) is 20.5 Å². The number of piperidine rings is 1.